The fourth-order valence-electron chi connectivity index (χ4n) is 8.04. The van der Waals surface area contributed by atoms with Crippen molar-refractivity contribution >= 4 is 52.0 Å². The van der Waals surface area contributed by atoms with Crippen LogP contribution in [0.1, 0.15) is 63.6 Å². The van der Waals surface area contributed by atoms with Gasteiger partial charge >= 0.3 is 6.09 Å². The summed E-state index contributed by atoms with van der Waals surface area (Å²) in [6, 6.07) is 31.0. The molecule has 2 aliphatic heterocycles. The van der Waals surface area contributed by atoms with Gasteiger partial charge in [0.1, 0.15) is 18.1 Å². The van der Waals surface area contributed by atoms with Crippen molar-refractivity contribution in [2.75, 3.05) is 23.7 Å². The minimum Gasteiger partial charge on any atom is -0.465 e. The van der Waals surface area contributed by atoms with Crippen molar-refractivity contribution in [3.05, 3.63) is 120 Å². The predicted molar refractivity (Wildman–Crippen MR) is 219 cm³/mol. The highest BCUT2D eigenvalue weighted by Gasteiger charge is 2.44. The number of rotatable bonds is 10. The number of nitrogens with zero attached hydrogens (tertiary/aromatic N) is 3. The molecule has 57 heavy (non-hydrogen) atoms. The van der Waals surface area contributed by atoms with Gasteiger partial charge in [-0.05, 0) is 99.5 Å². The molecule has 0 aliphatic carbocycles. The van der Waals surface area contributed by atoms with E-state index >= 15 is 0 Å². The number of hydrogen-bond acceptors (Lipinski definition) is 5. The van der Waals surface area contributed by atoms with Crippen LogP contribution in [-0.4, -0.2) is 85.2 Å². The zero-order valence-corrected chi connectivity index (χ0v) is 32.4. The summed E-state index contributed by atoms with van der Waals surface area (Å²) in [6.07, 6.45) is 1.52. The minimum absolute atomic E-state index is 0.0519. The number of H-pyrrole nitrogens is 1. The molecule has 294 valence electrons. The van der Waals surface area contributed by atoms with Crippen molar-refractivity contribution < 1.29 is 29.1 Å². The molecule has 2 saturated heterocycles. The van der Waals surface area contributed by atoms with Crippen LogP contribution in [0.15, 0.2) is 109 Å². The number of anilines is 2. The van der Waals surface area contributed by atoms with Crippen molar-refractivity contribution in [3.63, 3.8) is 0 Å². The van der Waals surface area contributed by atoms with Crippen molar-refractivity contribution in [2.45, 2.75) is 76.5 Å². The van der Waals surface area contributed by atoms with Crippen LogP contribution in [0.4, 0.5) is 16.2 Å². The first-order valence-corrected chi connectivity index (χ1v) is 19.4. The van der Waals surface area contributed by atoms with Gasteiger partial charge in [0.05, 0.1) is 6.42 Å². The van der Waals surface area contributed by atoms with Gasteiger partial charge in [0.25, 0.3) is 5.91 Å². The Morgan fingerprint density at radius 1 is 0.754 bits per heavy atom. The summed E-state index contributed by atoms with van der Waals surface area (Å²) < 4.78 is 0. The third-order valence-corrected chi connectivity index (χ3v) is 10.8. The summed E-state index contributed by atoms with van der Waals surface area (Å²) in [5, 5.41) is 17.1. The molecule has 5 amide bonds. The van der Waals surface area contributed by atoms with Gasteiger partial charge < -0.3 is 30.5 Å². The smallest absolute Gasteiger partial charge is 0.408 e. The van der Waals surface area contributed by atoms with Gasteiger partial charge in [0.2, 0.25) is 17.7 Å². The van der Waals surface area contributed by atoms with E-state index in [9.17, 15) is 29.1 Å². The number of carboxylic acid groups (broad SMARTS) is 1. The Kier molecular flexibility index (Phi) is 11.1. The summed E-state index contributed by atoms with van der Waals surface area (Å²) in [5.41, 5.74) is 4.40. The Bertz CT molecular complexity index is 2270. The standard InChI is InChI=1S/C45H48N6O6/c1-45(2,3)51(44(56)57)40(31-14-8-5-9-15-31)43(55)50-25-11-17-38(50)42(54)47-34-22-23-35-32(27-34)28-36(48-35)30-18-20-33(21-19-30)46-41(53)37-16-10-24-49(37)39(52)26-29-12-6-4-7-13-29/h4-9,12-15,18-23,27-28,37-38,40,48H,10-11,16-17,24-26H2,1-3H3,(H,46,53)(H,47,54)(H,56,57)/t37-,38-,40+/m0/s1. The molecular weight excluding hydrogens is 721 g/mol. The third kappa shape index (κ3) is 8.55. The quantitative estimate of drug-likeness (QED) is 0.116. The zero-order valence-electron chi connectivity index (χ0n) is 32.4. The van der Waals surface area contributed by atoms with Crippen LogP contribution in [0.5, 0.6) is 0 Å². The first-order chi connectivity index (χ1) is 27.4. The van der Waals surface area contributed by atoms with E-state index in [0.29, 0.717) is 49.3 Å². The van der Waals surface area contributed by atoms with E-state index in [1.807, 2.05) is 78.9 Å². The van der Waals surface area contributed by atoms with E-state index in [1.54, 1.807) is 56.0 Å². The molecule has 3 heterocycles. The second-order valence-corrected chi connectivity index (χ2v) is 15.8. The maximum absolute atomic E-state index is 14.2. The highest BCUT2D eigenvalue weighted by Crippen LogP contribution is 2.34. The Labute approximate surface area is 331 Å². The summed E-state index contributed by atoms with van der Waals surface area (Å²) in [4.78, 5) is 74.7. The normalized spacial score (nSPS) is 17.3. The third-order valence-electron chi connectivity index (χ3n) is 10.8. The number of nitrogens with one attached hydrogen (secondary N) is 3. The Morgan fingerprint density at radius 2 is 1.33 bits per heavy atom. The number of amides is 5. The van der Waals surface area contributed by atoms with Gasteiger partial charge in [-0.25, -0.2) is 4.79 Å². The first-order valence-electron chi connectivity index (χ1n) is 19.4. The lowest BCUT2D eigenvalue weighted by molar-refractivity contribution is -0.142. The molecule has 2 fully saturated rings. The average molecular weight is 769 g/mol. The highest BCUT2D eigenvalue weighted by atomic mass is 16.4. The van der Waals surface area contributed by atoms with Gasteiger partial charge in [-0.2, -0.15) is 0 Å². The lowest BCUT2D eigenvalue weighted by Gasteiger charge is -2.41. The van der Waals surface area contributed by atoms with Crippen LogP contribution >= 0.6 is 0 Å². The molecule has 5 aromatic rings. The molecule has 1 aromatic heterocycles. The summed E-state index contributed by atoms with van der Waals surface area (Å²) in [6.45, 7) is 6.15. The SMILES string of the molecule is CC(C)(C)N(C(=O)O)[C@@H](C(=O)N1CCC[C@H]1C(=O)Nc1ccc2[nH]c(-c3ccc(NC(=O)[C@@H]4CCCN4C(=O)Cc4ccccc4)cc3)cc2c1)c1ccccc1. The van der Waals surface area contributed by atoms with Crippen LogP contribution in [0, 0.1) is 0 Å². The van der Waals surface area contributed by atoms with Gasteiger partial charge in [0, 0.05) is 46.6 Å². The van der Waals surface area contributed by atoms with Gasteiger partial charge in [-0.3, -0.25) is 24.1 Å². The van der Waals surface area contributed by atoms with E-state index in [2.05, 4.69) is 15.6 Å². The topological polar surface area (TPSA) is 155 Å². The van der Waals surface area contributed by atoms with Crippen LogP contribution < -0.4 is 10.6 Å². The molecular formula is C45H48N6O6. The lowest BCUT2D eigenvalue weighted by Crippen LogP contribution is -2.54. The van der Waals surface area contributed by atoms with Crippen molar-refractivity contribution in [1.82, 2.24) is 19.7 Å². The lowest BCUT2D eigenvalue weighted by atomic mass is 9.97. The monoisotopic (exact) mass is 768 g/mol. The fourth-order valence-corrected chi connectivity index (χ4v) is 8.04. The van der Waals surface area contributed by atoms with E-state index < -0.39 is 35.7 Å². The van der Waals surface area contributed by atoms with E-state index in [-0.39, 0.29) is 24.1 Å². The van der Waals surface area contributed by atoms with Gasteiger partial charge in [0.15, 0.2) is 0 Å². The van der Waals surface area contributed by atoms with Gasteiger partial charge in [-0.15, -0.1) is 0 Å². The zero-order chi connectivity index (χ0) is 40.3. The van der Waals surface area contributed by atoms with Crippen molar-refractivity contribution in [3.8, 4) is 11.3 Å². The second-order valence-electron chi connectivity index (χ2n) is 15.8. The molecule has 0 unspecified atom stereocenters. The molecule has 0 saturated carbocycles. The van der Waals surface area contributed by atoms with Crippen LogP contribution in [0.2, 0.25) is 0 Å². The summed E-state index contributed by atoms with van der Waals surface area (Å²) in [7, 11) is 0. The van der Waals surface area contributed by atoms with Gasteiger partial charge in [-0.1, -0.05) is 72.8 Å². The number of carbonyl (C=O) groups is 5. The number of aromatic amines is 1. The largest absolute Gasteiger partial charge is 0.465 e. The number of carbonyl (C=O) groups excluding carboxylic acids is 4. The Morgan fingerprint density at radius 3 is 1.96 bits per heavy atom. The Balaban J connectivity index is 1.01. The Hall–Kier alpha value is -6.43. The first kappa shape index (κ1) is 38.8. The van der Waals surface area contributed by atoms with E-state index in [4.69, 9.17) is 0 Å². The van der Waals surface area contributed by atoms with Crippen molar-refractivity contribution in [1.29, 1.82) is 0 Å². The van der Waals surface area contributed by atoms with Crippen LogP contribution in [0.3, 0.4) is 0 Å². The summed E-state index contributed by atoms with van der Waals surface area (Å²) >= 11 is 0. The predicted octanol–water partition coefficient (Wildman–Crippen LogP) is 7.46. The molecule has 4 N–H and O–H groups in total. The fraction of sp³-hybridized carbons (Fsp3) is 0.311. The number of likely N-dealkylation sites (tertiary alicyclic amines) is 2. The second kappa shape index (κ2) is 16.4. The number of aromatic nitrogens is 1. The average Bonchev–Trinajstić information content (AvgIpc) is 3.98. The molecule has 0 radical (unpaired) electrons. The molecule has 12 nitrogen and oxygen atoms in total. The van der Waals surface area contributed by atoms with E-state index in [1.165, 1.54) is 9.80 Å². The molecule has 3 atom stereocenters. The van der Waals surface area contributed by atoms with Crippen LogP contribution in [-0.2, 0) is 25.6 Å². The van der Waals surface area contributed by atoms with E-state index in [0.717, 1.165) is 34.1 Å². The minimum atomic E-state index is -1.22. The maximum Gasteiger partial charge on any atom is 0.408 e. The molecule has 4 aromatic carbocycles. The molecule has 2 aliphatic rings. The molecule has 7 rings (SSSR count). The molecule has 12 heteroatoms. The number of fused-ring (bicyclic) bond motifs is 1. The highest BCUT2D eigenvalue weighted by molar-refractivity contribution is 6.01. The molecule has 0 bridgehead atoms. The van der Waals surface area contributed by atoms with Crippen LogP contribution in [0.25, 0.3) is 22.2 Å². The van der Waals surface area contributed by atoms with Crippen molar-refractivity contribution in [2.24, 2.45) is 0 Å². The number of hydrogen-bond donors (Lipinski definition) is 4. The molecule has 0 spiro atoms. The summed E-state index contributed by atoms with van der Waals surface area (Å²) in [5.74, 6) is -1.01. The number of benzene rings is 4. The maximum atomic E-state index is 14.2.